The summed E-state index contributed by atoms with van der Waals surface area (Å²) in [5, 5.41) is 0. The quantitative estimate of drug-likeness (QED) is 0.832. The van der Waals surface area contributed by atoms with Gasteiger partial charge in [-0.15, -0.1) is 0 Å². The number of hydrogen-bond donors (Lipinski definition) is 1. The Labute approximate surface area is 89.4 Å². The minimum atomic E-state index is 0.249. The van der Waals surface area contributed by atoms with Gasteiger partial charge in [0, 0.05) is 6.04 Å². The lowest BCUT2D eigenvalue weighted by Gasteiger charge is -2.30. The third kappa shape index (κ3) is 2.22. The first-order chi connectivity index (χ1) is 6.57. The highest BCUT2D eigenvalue weighted by molar-refractivity contribution is 6.99. The van der Waals surface area contributed by atoms with E-state index in [0.717, 1.165) is 12.2 Å². The van der Waals surface area contributed by atoms with Crippen molar-refractivity contribution in [3.63, 3.8) is 0 Å². The van der Waals surface area contributed by atoms with Gasteiger partial charge in [0.1, 0.15) is 5.69 Å². The monoisotopic (exact) mass is 214 g/mol. The molecule has 1 aromatic heterocycles. The van der Waals surface area contributed by atoms with E-state index >= 15 is 0 Å². The fourth-order valence-electron chi connectivity index (χ4n) is 1.74. The van der Waals surface area contributed by atoms with Gasteiger partial charge in [-0.2, -0.15) is 8.75 Å². The van der Waals surface area contributed by atoms with Crippen LogP contribution < -0.4 is 5.73 Å². The first-order valence-corrected chi connectivity index (χ1v) is 5.64. The van der Waals surface area contributed by atoms with Crippen LogP contribution in [0, 0.1) is 0 Å². The number of aromatic nitrogens is 2. The van der Waals surface area contributed by atoms with Gasteiger partial charge in [-0.3, -0.25) is 4.90 Å². The van der Waals surface area contributed by atoms with Crippen LogP contribution in [0.4, 0.5) is 5.82 Å². The summed E-state index contributed by atoms with van der Waals surface area (Å²) in [4.78, 5) is 2.34. The van der Waals surface area contributed by atoms with Gasteiger partial charge in [-0.1, -0.05) is 6.92 Å². The second kappa shape index (κ2) is 4.70. The van der Waals surface area contributed by atoms with E-state index in [1.165, 1.54) is 11.7 Å². The van der Waals surface area contributed by atoms with Crippen molar-refractivity contribution in [2.24, 2.45) is 0 Å². The molecule has 1 aromatic rings. The van der Waals surface area contributed by atoms with Gasteiger partial charge in [-0.25, -0.2) is 0 Å². The summed E-state index contributed by atoms with van der Waals surface area (Å²) < 4.78 is 8.23. The third-order valence-corrected chi connectivity index (χ3v) is 3.02. The molecule has 1 atom stereocenters. The maximum absolute atomic E-state index is 5.74. The Balaban J connectivity index is 2.83. The van der Waals surface area contributed by atoms with Crippen molar-refractivity contribution in [2.75, 3.05) is 12.3 Å². The Hall–Kier alpha value is -0.680. The van der Waals surface area contributed by atoms with E-state index in [4.69, 9.17) is 5.73 Å². The molecule has 1 heterocycles. The summed E-state index contributed by atoms with van der Waals surface area (Å²) in [6.45, 7) is 9.62. The van der Waals surface area contributed by atoms with Crippen LogP contribution in [0.15, 0.2) is 0 Å². The van der Waals surface area contributed by atoms with Crippen LogP contribution >= 0.6 is 11.7 Å². The Morgan fingerprint density at radius 2 is 2.00 bits per heavy atom. The van der Waals surface area contributed by atoms with Crippen molar-refractivity contribution < 1.29 is 0 Å². The number of hydrogen-bond acceptors (Lipinski definition) is 5. The Morgan fingerprint density at radius 3 is 2.36 bits per heavy atom. The molecule has 0 aliphatic carbocycles. The van der Waals surface area contributed by atoms with Crippen molar-refractivity contribution in [2.45, 2.75) is 39.8 Å². The predicted octanol–water partition coefficient (Wildman–Crippen LogP) is 1.91. The summed E-state index contributed by atoms with van der Waals surface area (Å²) in [6, 6.07) is 0.745. The van der Waals surface area contributed by atoms with E-state index in [-0.39, 0.29) is 6.04 Å². The highest BCUT2D eigenvalue weighted by atomic mass is 32.1. The van der Waals surface area contributed by atoms with Gasteiger partial charge in [0.05, 0.1) is 17.8 Å². The van der Waals surface area contributed by atoms with Gasteiger partial charge < -0.3 is 5.73 Å². The lowest BCUT2D eigenvalue weighted by molar-refractivity contribution is 0.172. The van der Waals surface area contributed by atoms with Crippen LogP contribution in [-0.2, 0) is 0 Å². The molecular weight excluding hydrogens is 196 g/mol. The van der Waals surface area contributed by atoms with Crippen LogP contribution in [0.2, 0.25) is 0 Å². The normalized spacial score (nSPS) is 13.9. The Bertz CT molecular complexity index is 284. The SMILES string of the molecule is CCN(C(C)C)C(C)c1nsnc1N. The van der Waals surface area contributed by atoms with E-state index in [1.54, 1.807) is 0 Å². The van der Waals surface area contributed by atoms with Gasteiger partial charge in [0.25, 0.3) is 0 Å². The zero-order valence-electron chi connectivity index (χ0n) is 9.19. The van der Waals surface area contributed by atoms with Crippen LogP contribution in [0.1, 0.15) is 39.4 Å². The van der Waals surface area contributed by atoms with Crippen LogP contribution in [-0.4, -0.2) is 26.2 Å². The average Bonchev–Trinajstić information content (AvgIpc) is 2.51. The molecule has 80 valence electrons. The fraction of sp³-hybridized carbons (Fsp3) is 0.778. The van der Waals surface area contributed by atoms with E-state index in [9.17, 15) is 0 Å². The molecule has 0 radical (unpaired) electrons. The summed E-state index contributed by atoms with van der Waals surface area (Å²) in [6.07, 6.45) is 0. The van der Waals surface area contributed by atoms with Crippen molar-refractivity contribution in [1.82, 2.24) is 13.6 Å². The molecule has 1 unspecified atom stereocenters. The molecule has 0 spiro atoms. The molecule has 14 heavy (non-hydrogen) atoms. The van der Waals surface area contributed by atoms with E-state index in [0.29, 0.717) is 11.9 Å². The number of nitrogens with zero attached hydrogens (tertiary/aromatic N) is 3. The highest BCUT2D eigenvalue weighted by Crippen LogP contribution is 2.24. The van der Waals surface area contributed by atoms with Gasteiger partial charge >= 0.3 is 0 Å². The molecule has 0 bridgehead atoms. The molecule has 0 saturated heterocycles. The van der Waals surface area contributed by atoms with E-state index in [2.05, 4.69) is 41.3 Å². The molecule has 0 amide bonds. The average molecular weight is 214 g/mol. The first-order valence-electron chi connectivity index (χ1n) is 4.91. The summed E-state index contributed by atoms with van der Waals surface area (Å²) in [5.41, 5.74) is 6.65. The second-order valence-electron chi connectivity index (χ2n) is 3.63. The maximum Gasteiger partial charge on any atom is 0.162 e. The minimum absolute atomic E-state index is 0.249. The highest BCUT2D eigenvalue weighted by Gasteiger charge is 2.21. The van der Waals surface area contributed by atoms with Crippen LogP contribution in [0.5, 0.6) is 0 Å². The molecule has 0 fully saturated rings. The number of rotatable bonds is 4. The lowest BCUT2D eigenvalue weighted by Crippen LogP contribution is -2.33. The van der Waals surface area contributed by atoms with Crippen molar-refractivity contribution in [3.8, 4) is 0 Å². The predicted molar refractivity (Wildman–Crippen MR) is 60.3 cm³/mol. The largest absolute Gasteiger partial charge is 0.381 e. The lowest BCUT2D eigenvalue weighted by atomic mass is 10.1. The van der Waals surface area contributed by atoms with Crippen molar-refractivity contribution in [1.29, 1.82) is 0 Å². The summed E-state index contributed by atoms with van der Waals surface area (Å²) in [7, 11) is 0. The van der Waals surface area contributed by atoms with Crippen molar-refractivity contribution in [3.05, 3.63) is 5.69 Å². The Kier molecular flexibility index (Phi) is 3.83. The first kappa shape index (κ1) is 11.4. The molecule has 5 heteroatoms. The molecule has 4 nitrogen and oxygen atoms in total. The molecule has 2 N–H and O–H groups in total. The fourth-order valence-corrected chi connectivity index (χ4v) is 2.29. The zero-order chi connectivity index (χ0) is 10.7. The molecule has 1 rings (SSSR count). The molecule has 0 saturated carbocycles. The number of nitrogen functional groups attached to an aromatic ring is 1. The third-order valence-electron chi connectivity index (χ3n) is 2.46. The minimum Gasteiger partial charge on any atom is -0.381 e. The smallest absolute Gasteiger partial charge is 0.162 e. The van der Waals surface area contributed by atoms with Gasteiger partial charge in [0.2, 0.25) is 0 Å². The standard InChI is InChI=1S/C9H18N4S/c1-5-13(6(2)3)7(4)8-9(10)12-14-11-8/h6-7H,5H2,1-4H3,(H2,10,12). The van der Waals surface area contributed by atoms with Crippen LogP contribution in [0.25, 0.3) is 0 Å². The number of anilines is 1. The maximum atomic E-state index is 5.74. The van der Waals surface area contributed by atoms with Gasteiger partial charge in [-0.05, 0) is 27.3 Å². The summed E-state index contributed by atoms with van der Waals surface area (Å²) in [5.74, 6) is 0.571. The van der Waals surface area contributed by atoms with Gasteiger partial charge in [0.15, 0.2) is 5.82 Å². The topological polar surface area (TPSA) is 55.0 Å². The van der Waals surface area contributed by atoms with Crippen LogP contribution in [0.3, 0.4) is 0 Å². The Morgan fingerprint density at radius 1 is 1.36 bits per heavy atom. The van der Waals surface area contributed by atoms with E-state index < -0.39 is 0 Å². The second-order valence-corrected chi connectivity index (χ2v) is 4.16. The zero-order valence-corrected chi connectivity index (χ0v) is 10.0. The molecular formula is C9H18N4S. The van der Waals surface area contributed by atoms with Crippen molar-refractivity contribution >= 4 is 17.5 Å². The number of nitrogens with two attached hydrogens (primary N) is 1. The van der Waals surface area contributed by atoms with E-state index in [1.807, 2.05) is 0 Å². The molecule has 0 aliphatic heterocycles. The molecule has 0 aromatic carbocycles. The summed E-state index contributed by atoms with van der Waals surface area (Å²) >= 11 is 1.18. The molecule has 0 aliphatic rings.